The number of carbonyl (C=O) groups excluding carboxylic acids is 3. The van der Waals surface area contributed by atoms with Gasteiger partial charge in [-0.3, -0.25) is 14.5 Å². The lowest BCUT2D eigenvalue weighted by atomic mass is 9.95. The van der Waals surface area contributed by atoms with Crippen LogP contribution in [-0.2, 0) is 14.3 Å². The Balaban J connectivity index is 3.37. The van der Waals surface area contributed by atoms with Crippen LogP contribution >= 0.6 is 0 Å². The van der Waals surface area contributed by atoms with Crippen molar-refractivity contribution in [3.63, 3.8) is 0 Å². The summed E-state index contributed by atoms with van der Waals surface area (Å²) >= 11 is 0. The summed E-state index contributed by atoms with van der Waals surface area (Å²) in [5.41, 5.74) is 1.95. The highest BCUT2D eigenvalue weighted by atomic mass is 16.6. The fraction of sp³-hybridized carbons (Fsp3) is 0.607. The van der Waals surface area contributed by atoms with Crippen LogP contribution in [0.25, 0.3) is 0 Å². The lowest BCUT2D eigenvalue weighted by Gasteiger charge is -2.32. The average Bonchev–Trinajstić information content (AvgIpc) is 2.78. The highest BCUT2D eigenvalue weighted by Gasteiger charge is 2.37. The minimum Gasteiger partial charge on any atom is -0.444 e. The molecule has 0 aliphatic carbocycles. The Morgan fingerprint density at radius 3 is 2.29 bits per heavy atom. The standard InChI is InChI=1S/C28H43N3O4/c1-10-13-14-17-29-25(32)24(22-16-15-20(5)21(6)18-22)31(12-3)26(33)23(19(4)11-2)30-27(34)35-28(7,8)9/h3,15-16,18-19,23-24H,10-11,13-14,17H2,1-2,4-9H3,(H,29,32)(H,30,34). The number of ether oxygens (including phenoxy) is 1. The molecule has 7 heteroatoms. The maximum atomic E-state index is 13.8. The van der Waals surface area contributed by atoms with Crippen LogP contribution < -0.4 is 10.6 Å². The van der Waals surface area contributed by atoms with Crippen LogP contribution in [0.2, 0.25) is 0 Å². The van der Waals surface area contributed by atoms with E-state index >= 15 is 0 Å². The number of rotatable bonds is 11. The zero-order valence-electron chi connectivity index (χ0n) is 22.7. The van der Waals surface area contributed by atoms with E-state index in [-0.39, 0.29) is 11.8 Å². The van der Waals surface area contributed by atoms with E-state index in [0.29, 0.717) is 18.5 Å². The first-order chi connectivity index (χ1) is 16.4. The fourth-order valence-electron chi connectivity index (χ4n) is 3.57. The molecule has 0 radical (unpaired) electrons. The number of unbranched alkanes of at least 4 members (excludes halogenated alkanes) is 2. The van der Waals surface area contributed by atoms with Gasteiger partial charge in [-0.2, -0.15) is 0 Å². The molecule has 1 rings (SSSR count). The van der Waals surface area contributed by atoms with E-state index in [9.17, 15) is 14.4 Å². The number of amides is 3. The molecule has 7 nitrogen and oxygen atoms in total. The van der Waals surface area contributed by atoms with Crippen molar-refractivity contribution in [2.24, 2.45) is 5.92 Å². The maximum absolute atomic E-state index is 13.8. The highest BCUT2D eigenvalue weighted by molar-refractivity contribution is 5.93. The van der Waals surface area contributed by atoms with E-state index in [2.05, 4.69) is 23.6 Å². The van der Waals surface area contributed by atoms with Crippen molar-refractivity contribution in [2.75, 3.05) is 6.54 Å². The van der Waals surface area contributed by atoms with Crippen LogP contribution in [0.5, 0.6) is 0 Å². The fourth-order valence-corrected chi connectivity index (χ4v) is 3.57. The number of benzene rings is 1. The summed E-state index contributed by atoms with van der Waals surface area (Å²) in [7, 11) is 0. The van der Waals surface area contributed by atoms with Crippen molar-refractivity contribution < 1.29 is 19.1 Å². The first kappa shape index (κ1) is 30.0. The Morgan fingerprint density at radius 1 is 1.11 bits per heavy atom. The van der Waals surface area contributed by atoms with Crippen molar-refractivity contribution in [1.82, 2.24) is 15.5 Å². The molecule has 0 fully saturated rings. The van der Waals surface area contributed by atoms with Crippen LogP contribution in [0.3, 0.4) is 0 Å². The SMILES string of the molecule is C#CN(C(=O)C(NC(=O)OC(C)(C)C)C(C)CC)C(C(=O)NCCCCC)c1ccc(C)c(C)c1. The molecule has 1 aromatic carbocycles. The molecule has 0 saturated heterocycles. The number of hydrogen-bond donors (Lipinski definition) is 2. The smallest absolute Gasteiger partial charge is 0.408 e. The van der Waals surface area contributed by atoms with Crippen LogP contribution in [0.4, 0.5) is 4.79 Å². The van der Waals surface area contributed by atoms with Gasteiger partial charge in [0.1, 0.15) is 17.7 Å². The Bertz CT molecular complexity index is 914. The number of carbonyl (C=O) groups is 3. The second-order valence-electron chi connectivity index (χ2n) is 10.1. The summed E-state index contributed by atoms with van der Waals surface area (Å²) in [5, 5.41) is 5.62. The molecular formula is C28H43N3O4. The van der Waals surface area contributed by atoms with Gasteiger partial charge >= 0.3 is 6.09 Å². The Morgan fingerprint density at radius 2 is 1.77 bits per heavy atom. The minimum absolute atomic E-state index is 0.237. The topological polar surface area (TPSA) is 87.7 Å². The summed E-state index contributed by atoms with van der Waals surface area (Å²) in [6.45, 7) is 15.5. The van der Waals surface area contributed by atoms with Gasteiger partial charge in [-0.1, -0.05) is 64.7 Å². The van der Waals surface area contributed by atoms with Gasteiger partial charge in [0.2, 0.25) is 5.91 Å². The lowest BCUT2D eigenvalue weighted by Crippen LogP contribution is -2.54. The summed E-state index contributed by atoms with van der Waals surface area (Å²) in [4.78, 5) is 40.8. The van der Waals surface area contributed by atoms with Gasteiger partial charge in [-0.25, -0.2) is 4.79 Å². The molecule has 2 N–H and O–H groups in total. The molecular weight excluding hydrogens is 442 g/mol. The molecule has 0 heterocycles. The third kappa shape index (κ3) is 9.28. The average molecular weight is 486 g/mol. The van der Waals surface area contributed by atoms with Crippen LogP contribution in [0.1, 0.15) is 90.0 Å². The second-order valence-corrected chi connectivity index (χ2v) is 10.1. The van der Waals surface area contributed by atoms with Crippen molar-refractivity contribution in [3.05, 3.63) is 34.9 Å². The number of aryl methyl sites for hydroxylation is 2. The minimum atomic E-state index is -1.03. The van der Waals surface area contributed by atoms with Gasteiger partial charge in [0, 0.05) is 12.6 Å². The van der Waals surface area contributed by atoms with Gasteiger partial charge < -0.3 is 15.4 Å². The molecule has 0 aromatic heterocycles. The van der Waals surface area contributed by atoms with E-state index in [1.165, 1.54) is 0 Å². The number of terminal acetylenes is 1. The molecule has 35 heavy (non-hydrogen) atoms. The molecule has 1 aromatic rings. The third-order valence-electron chi connectivity index (χ3n) is 5.96. The zero-order chi connectivity index (χ0) is 26.8. The lowest BCUT2D eigenvalue weighted by molar-refractivity contribution is -0.139. The summed E-state index contributed by atoms with van der Waals surface area (Å²) in [6, 6.07) is 6.05. The third-order valence-corrected chi connectivity index (χ3v) is 5.96. The molecule has 0 aliphatic heterocycles. The van der Waals surface area contributed by atoms with Gasteiger partial charge in [0.15, 0.2) is 0 Å². The normalized spacial score (nSPS) is 13.7. The predicted octanol–water partition coefficient (Wildman–Crippen LogP) is 5.01. The number of nitrogens with one attached hydrogen (secondary N) is 2. The summed E-state index contributed by atoms with van der Waals surface area (Å²) in [6.07, 6.45) is 8.59. The van der Waals surface area contributed by atoms with Crippen molar-refractivity contribution >= 4 is 17.9 Å². The van der Waals surface area contributed by atoms with Gasteiger partial charge in [0.05, 0.1) is 0 Å². The van der Waals surface area contributed by atoms with Crippen molar-refractivity contribution in [1.29, 1.82) is 0 Å². The molecule has 0 saturated carbocycles. The Kier molecular flexibility index (Phi) is 11.8. The number of hydrogen-bond acceptors (Lipinski definition) is 4. The quantitative estimate of drug-likeness (QED) is 0.262. The first-order valence-corrected chi connectivity index (χ1v) is 12.5. The van der Waals surface area contributed by atoms with E-state index < -0.39 is 29.7 Å². The number of nitrogens with zero attached hydrogens (tertiary/aromatic N) is 1. The zero-order valence-corrected chi connectivity index (χ0v) is 22.7. The molecule has 0 aliphatic rings. The molecule has 0 bridgehead atoms. The summed E-state index contributed by atoms with van der Waals surface area (Å²) < 4.78 is 5.37. The number of alkyl carbamates (subject to hydrolysis) is 1. The van der Waals surface area contributed by atoms with E-state index in [1.54, 1.807) is 20.8 Å². The van der Waals surface area contributed by atoms with Crippen molar-refractivity contribution in [2.45, 2.75) is 98.8 Å². The van der Waals surface area contributed by atoms with Crippen LogP contribution in [0.15, 0.2) is 18.2 Å². The molecule has 194 valence electrons. The van der Waals surface area contributed by atoms with E-state index in [4.69, 9.17) is 11.2 Å². The highest BCUT2D eigenvalue weighted by Crippen LogP contribution is 2.26. The first-order valence-electron chi connectivity index (χ1n) is 12.5. The molecule has 0 spiro atoms. The molecule has 3 atom stereocenters. The van der Waals surface area contributed by atoms with Crippen molar-refractivity contribution in [3.8, 4) is 12.5 Å². The summed E-state index contributed by atoms with van der Waals surface area (Å²) in [5.74, 6) is -1.12. The predicted molar refractivity (Wildman–Crippen MR) is 139 cm³/mol. The second kappa shape index (κ2) is 13.8. The van der Waals surface area contributed by atoms with Gasteiger partial charge in [-0.15, -0.1) is 0 Å². The van der Waals surface area contributed by atoms with Crippen LogP contribution in [-0.4, -0.2) is 41.0 Å². The monoisotopic (exact) mass is 485 g/mol. The van der Waals surface area contributed by atoms with Crippen LogP contribution in [0, 0.1) is 32.2 Å². The van der Waals surface area contributed by atoms with Gasteiger partial charge in [-0.05, 0) is 63.6 Å². The Labute approximate surface area is 211 Å². The largest absolute Gasteiger partial charge is 0.444 e. The van der Waals surface area contributed by atoms with E-state index in [1.807, 2.05) is 45.9 Å². The Hall–Kier alpha value is -3.01. The maximum Gasteiger partial charge on any atom is 0.408 e. The van der Waals surface area contributed by atoms with Gasteiger partial charge in [0.25, 0.3) is 5.91 Å². The molecule has 3 unspecified atom stereocenters. The molecule has 3 amide bonds. The van der Waals surface area contributed by atoms with E-state index in [0.717, 1.165) is 35.3 Å².